The van der Waals surface area contributed by atoms with Gasteiger partial charge in [0.25, 0.3) is 0 Å². The lowest BCUT2D eigenvalue weighted by molar-refractivity contribution is -0.121. The van der Waals surface area contributed by atoms with Crippen LogP contribution in [0.4, 0.5) is 10.1 Å². The van der Waals surface area contributed by atoms with Gasteiger partial charge in [0.1, 0.15) is 17.3 Å². The van der Waals surface area contributed by atoms with Gasteiger partial charge in [0.2, 0.25) is 5.91 Å². The highest BCUT2D eigenvalue weighted by atomic mass is 35.5. The molecule has 1 N–H and O–H groups in total. The van der Waals surface area contributed by atoms with Crippen molar-refractivity contribution in [2.45, 2.75) is 19.4 Å². The van der Waals surface area contributed by atoms with Crippen molar-refractivity contribution in [3.63, 3.8) is 0 Å². The van der Waals surface area contributed by atoms with Gasteiger partial charge in [-0.05, 0) is 50.2 Å². The van der Waals surface area contributed by atoms with Crippen LogP contribution in [0.25, 0.3) is 0 Å². The zero-order chi connectivity index (χ0) is 20.1. The highest BCUT2D eigenvalue weighted by molar-refractivity contribution is 6.30. The average Bonchev–Trinajstić information content (AvgIpc) is 2.70. The molecule has 0 atom stereocenters. The molecule has 7 heteroatoms. The lowest BCUT2D eigenvalue weighted by Gasteiger charge is -2.31. The van der Waals surface area contributed by atoms with Gasteiger partial charge >= 0.3 is 0 Å². The van der Waals surface area contributed by atoms with E-state index in [1.54, 1.807) is 44.6 Å². The number of nitrogens with one attached hydrogen (secondary N) is 1. The number of nitrogens with zero attached hydrogens (tertiary/aromatic N) is 1. The summed E-state index contributed by atoms with van der Waals surface area (Å²) < 4.78 is 24.5. The Bertz CT molecular complexity index is 838. The summed E-state index contributed by atoms with van der Waals surface area (Å²) in [5.74, 6) is 0.810. The van der Waals surface area contributed by atoms with Gasteiger partial charge in [-0.3, -0.25) is 9.69 Å². The molecule has 28 heavy (non-hydrogen) atoms. The summed E-state index contributed by atoms with van der Waals surface area (Å²) in [6, 6.07) is 10.0. The van der Waals surface area contributed by atoms with E-state index in [2.05, 4.69) is 10.2 Å². The Kier molecular flexibility index (Phi) is 6.75. The minimum atomic E-state index is -0.294. The zero-order valence-corrected chi connectivity index (χ0v) is 16.8. The van der Waals surface area contributed by atoms with E-state index >= 15 is 0 Å². The van der Waals surface area contributed by atoms with Crippen molar-refractivity contribution >= 4 is 23.2 Å². The first kappa shape index (κ1) is 20.4. The van der Waals surface area contributed by atoms with Crippen LogP contribution in [0.15, 0.2) is 36.4 Å². The van der Waals surface area contributed by atoms with Crippen LogP contribution in [0, 0.1) is 11.7 Å². The molecule has 1 heterocycles. The molecule has 1 aliphatic rings. The molecule has 0 spiro atoms. The van der Waals surface area contributed by atoms with Crippen molar-refractivity contribution < 1.29 is 18.7 Å². The second-order valence-corrected chi connectivity index (χ2v) is 7.28. The lowest BCUT2D eigenvalue weighted by atomic mass is 9.95. The monoisotopic (exact) mass is 406 g/mol. The van der Waals surface area contributed by atoms with Crippen LogP contribution in [0.3, 0.4) is 0 Å². The number of halogens is 2. The average molecular weight is 407 g/mol. The fraction of sp³-hybridized carbons (Fsp3) is 0.381. The van der Waals surface area contributed by atoms with Gasteiger partial charge in [-0.2, -0.15) is 0 Å². The van der Waals surface area contributed by atoms with Gasteiger partial charge in [-0.25, -0.2) is 4.39 Å². The summed E-state index contributed by atoms with van der Waals surface area (Å²) >= 11 is 5.81. The van der Waals surface area contributed by atoms with Crippen molar-refractivity contribution in [3.8, 4) is 11.5 Å². The molecule has 1 aliphatic heterocycles. The number of carbonyl (C=O) groups excluding carboxylic acids is 1. The Labute approximate surface area is 169 Å². The quantitative estimate of drug-likeness (QED) is 0.775. The molecule has 5 nitrogen and oxygen atoms in total. The Morgan fingerprint density at radius 1 is 1.18 bits per heavy atom. The molecule has 0 unspecified atom stereocenters. The minimum Gasteiger partial charge on any atom is -0.497 e. The summed E-state index contributed by atoms with van der Waals surface area (Å²) in [7, 11) is 3.14. The molecule has 1 amide bonds. The van der Waals surface area contributed by atoms with Crippen LogP contribution in [-0.4, -0.2) is 38.1 Å². The SMILES string of the molecule is COc1ccc(OC)c(NC(=O)C2CCN(Cc3ccc(Cl)cc3F)CC2)c1. The predicted octanol–water partition coefficient (Wildman–Crippen LogP) is 4.35. The Balaban J connectivity index is 1.57. The topological polar surface area (TPSA) is 50.8 Å². The van der Waals surface area contributed by atoms with Gasteiger partial charge in [0.15, 0.2) is 0 Å². The molecule has 150 valence electrons. The lowest BCUT2D eigenvalue weighted by Crippen LogP contribution is -2.38. The molecule has 0 aliphatic carbocycles. The van der Waals surface area contributed by atoms with Gasteiger partial charge in [-0.15, -0.1) is 0 Å². The number of hydrogen-bond acceptors (Lipinski definition) is 4. The van der Waals surface area contributed by atoms with Crippen molar-refractivity contribution in [2.24, 2.45) is 5.92 Å². The van der Waals surface area contributed by atoms with E-state index in [1.807, 2.05) is 0 Å². The molecule has 0 bridgehead atoms. The summed E-state index contributed by atoms with van der Waals surface area (Å²) in [6.45, 7) is 1.98. The second-order valence-electron chi connectivity index (χ2n) is 6.84. The molecule has 0 radical (unpaired) electrons. The second kappa shape index (κ2) is 9.26. The van der Waals surface area contributed by atoms with E-state index in [4.69, 9.17) is 21.1 Å². The number of ether oxygens (including phenoxy) is 2. The van der Waals surface area contributed by atoms with Crippen LogP contribution in [0.2, 0.25) is 5.02 Å². The molecule has 2 aromatic carbocycles. The van der Waals surface area contributed by atoms with Crippen LogP contribution < -0.4 is 14.8 Å². The summed E-state index contributed by atoms with van der Waals surface area (Å²) in [5, 5.41) is 3.34. The van der Waals surface area contributed by atoms with E-state index in [9.17, 15) is 9.18 Å². The predicted molar refractivity (Wildman–Crippen MR) is 108 cm³/mol. The van der Waals surface area contributed by atoms with Crippen LogP contribution in [-0.2, 0) is 11.3 Å². The number of benzene rings is 2. The maximum atomic E-state index is 14.0. The van der Waals surface area contributed by atoms with Gasteiger partial charge in [0, 0.05) is 29.1 Å². The van der Waals surface area contributed by atoms with Crippen molar-refractivity contribution in [1.29, 1.82) is 0 Å². The first-order valence-corrected chi connectivity index (χ1v) is 9.57. The number of piperidine rings is 1. The smallest absolute Gasteiger partial charge is 0.227 e. The Morgan fingerprint density at radius 3 is 2.57 bits per heavy atom. The van der Waals surface area contributed by atoms with Crippen molar-refractivity contribution in [1.82, 2.24) is 4.90 Å². The molecule has 0 saturated carbocycles. The Morgan fingerprint density at radius 2 is 1.93 bits per heavy atom. The largest absolute Gasteiger partial charge is 0.497 e. The highest BCUT2D eigenvalue weighted by Crippen LogP contribution is 2.30. The Hall–Kier alpha value is -2.31. The molecule has 1 saturated heterocycles. The fourth-order valence-corrected chi connectivity index (χ4v) is 3.55. The van der Waals surface area contributed by atoms with E-state index < -0.39 is 0 Å². The number of likely N-dealkylation sites (tertiary alicyclic amines) is 1. The van der Waals surface area contributed by atoms with E-state index in [1.165, 1.54) is 6.07 Å². The van der Waals surface area contributed by atoms with Crippen LogP contribution in [0.1, 0.15) is 18.4 Å². The van der Waals surface area contributed by atoms with Crippen LogP contribution in [0.5, 0.6) is 11.5 Å². The molecular formula is C21H24ClFN2O3. The van der Waals surface area contributed by atoms with Crippen molar-refractivity contribution in [3.05, 3.63) is 52.8 Å². The summed E-state index contributed by atoms with van der Waals surface area (Å²) in [6.07, 6.45) is 1.43. The summed E-state index contributed by atoms with van der Waals surface area (Å²) in [5.41, 5.74) is 1.21. The fourth-order valence-electron chi connectivity index (χ4n) is 3.39. The standard InChI is InChI=1S/C21H24ClFN2O3/c1-27-17-5-6-20(28-2)19(12-17)24-21(26)14-7-9-25(10-8-14)13-15-3-4-16(22)11-18(15)23/h3-6,11-12,14H,7-10,13H2,1-2H3,(H,24,26). The first-order valence-electron chi connectivity index (χ1n) is 9.19. The number of amides is 1. The van der Waals surface area contributed by atoms with Gasteiger partial charge < -0.3 is 14.8 Å². The number of hydrogen-bond donors (Lipinski definition) is 1. The number of carbonyl (C=O) groups is 1. The van der Waals surface area contributed by atoms with Gasteiger partial charge in [-0.1, -0.05) is 17.7 Å². The third kappa shape index (κ3) is 4.94. The highest BCUT2D eigenvalue weighted by Gasteiger charge is 2.26. The molecule has 1 fully saturated rings. The van der Waals surface area contributed by atoms with E-state index in [0.29, 0.717) is 47.2 Å². The number of anilines is 1. The molecular weight excluding hydrogens is 383 g/mol. The number of methoxy groups -OCH3 is 2. The van der Waals surface area contributed by atoms with Gasteiger partial charge in [0.05, 0.1) is 19.9 Å². The number of rotatable bonds is 6. The zero-order valence-electron chi connectivity index (χ0n) is 16.0. The molecule has 2 aromatic rings. The normalized spacial score (nSPS) is 15.3. The first-order chi connectivity index (χ1) is 13.5. The third-order valence-corrected chi connectivity index (χ3v) is 5.27. The van der Waals surface area contributed by atoms with Crippen molar-refractivity contribution in [2.75, 3.05) is 32.6 Å². The van der Waals surface area contributed by atoms with E-state index in [-0.39, 0.29) is 17.6 Å². The van der Waals surface area contributed by atoms with E-state index in [0.717, 1.165) is 13.1 Å². The maximum absolute atomic E-state index is 14.0. The van der Waals surface area contributed by atoms with Crippen LogP contribution >= 0.6 is 11.6 Å². The molecule has 0 aromatic heterocycles. The summed E-state index contributed by atoms with van der Waals surface area (Å²) in [4.78, 5) is 14.8. The third-order valence-electron chi connectivity index (χ3n) is 5.03. The minimum absolute atomic E-state index is 0.0381. The maximum Gasteiger partial charge on any atom is 0.227 e. The molecule has 3 rings (SSSR count).